The first-order chi connectivity index (χ1) is 7.34. The predicted octanol–water partition coefficient (Wildman–Crippen LogP) is 2.42. The SMILES string of the molecule is O=C1CCCN1c1nc2ccccc2s1. The highest BCUT2D eigenvalue weighted by molar-refractivity contribution is 7.22. The van der Waals surface area contributed by atoms with Gasteiger partial charge in [-0.25, -0.2) is 4.98 Å². The normalized spacial score (nSPS) is 16.5. The van der Waals surface area contributed by atoms with Gasteiger partial charge in [0.2, 0.25) is 5.91 Å². The summed E-state index contributed by atoms with van der Waals surface area (Å²) in [6.07, 6.45) is 1.62. The van der Waals surface area contributed by atoms with Crippen LogP contribution in [0.2, 0.25) is 0 Å². The van der Waals surface area contributed by atoms with Crippen molar-refractivity contribution in [1.29, 1.82) is 0 Å². The van der Waals surface area contributed by atoms with Gasteiger partial charge in [-0.05, 0) is 18.6 Å². The molecule has 0 spiro atoms. The number of hydrogen-bond acceptors (Lipinski definition) is 3. The molecule has 1 amide bonds. The highest BCUT2D eigenvalue weighted by atomic mass is 32.1. The van der Waals surface area contributed by atoms with Gasteiger partial charge in [-0.1, -0.05) is 23.5 Å². The minimum Gasteiger partial charge on any atom is -0.288 e. The van der Waals surface area contributed by atoms with E-state index in [-0.39, 0.29) is 5.91 Å². The first kappa shape index (κ1) is 8.85. The fourth-order valence-electron chi connectivity index (χ4n) is 1.83. The maximum atomic E-state index is 11.5. The van der Waals surface area contributed by atoms with Crippen molar-refractivity contribution >= 4 is 32.6 Å². The smallest absolute Gasteiger partial charge is 0.228 e. The second kappa shape index (κ2) is 3.31. The molecule has 0 aliphatic carbocycles. The Labute approximate surface area is 91.3 Å². The summed E-state index contributed by atoms with van der Waals surface area (Å²) >= 11 is 1.59. The molecular formula is C11H10N2OS. The van der Waals surface area contributed by atoms with E-state index in [1.54, 1.807) is 16.2 Å². The number of benzene rings is 1. The molecule has 1 fully saturated rings. The van der Waals surface area contributed by atoms with Crippen LogP contribution in [0, 0.1) is 0 Å². The van der Waals surface area contributed by atoms with E-state index in [1.807, 2.05) is 24.3 Å². The lowest BCUT2D eigenvalue weighted by molar-refractivity contribution is -0.117. The lowest BCUT2D eigenvalue weighted by atomic mass is 10.3. The Morgan fingerprint density at radius 2 is 2.20 bits per heavy atom. The summed E-state index contributed by atoms with van der Waals surface area (Å²) in [5, 5.41) is 0.846. The minimum absolute atomic E-state index is 0.203. The topological polar surface area (TPSA) is 33.2 Å². The molecule has 0 unspecified atom stereocenters. The van der Waals surface area contributed by atoms with Crippen molar-refractivity contribution in [3.63, 3.8) is 0 Å². The summed E-state index contributed by atoms with van der Waals surface area (Å²) < 4.78 is 1.15. The van der Waals surface area contributed by atoms with Crippen LogP contribution in [0.4, 0.5) is 5.13 Å². The van der Waals surface area contributed by atoms with Gasteiger partial charge in [0.15, 0.2) is 5.13 Å². The largest absolute Gasteiger partial charge is 0.288 e. The number of thiazole rings is 1. The van der Waals surface area contributed by atoms with E-state index in [0.29, 0.717) is 6.42 Å². The average molecular weight is 218 g/mol. The van der Waals surface area contributed by atoms with Gasteiger partial charge in [-0.15, -0.1) is 0 Å². The third-order valence-corrected chi connectivity index (χ3v) is 3.65. The van der Waals surface area contributed by atoms with E-state index in [9.17, 15) is 4.79 Å². The molecule has 1 aliphatic rings. The number of anilines is 1. The molecule has 1 aromatic carbocycles. The van der Waals surface area contributed by atoms with Crippen LogP contribution in [-0.2, 0) is 4.79 Å². The number of carbonyl (C=O) groups excluding carboxylic acids is 1. The van der Waals surface area contributed by atoms with E-state index < -0.39 is 0 Å². The van der Waals surface area contributed by atoms with Crippen molar-refractivity contribution in [2.45, 2.75) is 12.8 Å². The fraction of sp³-hybridized carbons (Fsp3) is 0.273. The molecule has 2 heterocycles. The van der Waals surface area contributed by atoms with Crippen LogP contribution in [0.3, 0.4) is 0 Å². The van der Waals surface area contributed by atoms with Crippen molar-refractivity contribution in [2.75, 3.05) is 11.4 Å². The molecule has 1 aromatic heterocycles. The third kappa shape index (κ3) is 1.41. The summed E-state index contributed by atoms with van der Waals surface area (Å²) in [4.78, 5) is 17.8. The van der Waals surface area contributed by atoms with Crippen LogP contribution in [0.1, 0.15) is 12.8 Å². The number of amides is 1. The highest BCUT2D eigenvalue weighted by Gasteiger charge is 2.24. The van der Waals surface area contributed by atoms with Crippen molar-refractivity contribution in [3.8, 4) is 0 Å². The van der Waals surface area contributed by atoms with Crippen LogP contribution in [0.15, 0.2) is 24.3 Å². The van der Waals surface area contributed by atoms with Gasteiger partial charge in [0.1, 0.15) is 0 Å². The Hall–Kier alpha value is -1.42. The van der Waals surface area contributed by atoms with E-state index >= 15 is 0 Å². The van der Waals surface area contributed by atoms with Crippen LogP contribution < -0.4 is 4.90 Å². The van der Waals surface area contributed by atoms with Gasteiger partial charge >= 0.3 is 0 Å². The Bertz CT molecular complexity index is 487. The Kier molecular flexibility index (Phi) is 1.95. The first-order valence-electron chi connectivity index (χ1n) is 5.00. The maximum Gasteiger partial charge on any atom is 0.228 e. The molecule has 1 saturated heterocycles. The van der Waals surface area contributed by atoms with Crippen LogP contribution >= 0.6 is 11.3 Å². The summed E-state index contributed by atoms with van der Waals surface area (Å²) in [7, 11) is 0. The molecule has 4 heteroatoms. The Morgan fingerprint density at radius 3 is 2.93 bits per heavy atom. The molecule has 0 saturated carbocycles. The van der Waals surface area contributed by atoms with Gasteiger partial charge in [0, 0.05) is 13.0 Å². The number of rotatable bonds is 1. The molecule has 2 aromatic rings. The molecule has 0 radical (unpaired) electrons. The summed E-state index contributed by atoms with van der Waals surface area (Å²) in [5.74, 6) is 0.203. The first-order valence-corrected chi connectivity index (χ1v) is 5.82. The second-order valence-corrected chi connectivity index (χ2v) is 4.62. The van der Waals surface area contributed by atoms with E-state index in [0.717, 1.165) is 28.3 Å². The monoisotopic (exact) mass is 218 g/mol. The fourth-order valence-corrected chi connectivity index (χ4v) is 2.83. The number of carbonyl (C=O) groups is 1. The van der Waals surface area contributed by atoms with E-state index in [2.05, 4.69) is 4.98 Å². The molecule has 1 aliphatic heterocycles. The zero-order valence-corrected chi connectivity index (χ0v) is 8.96. The highest BCUT2D eigenvalue weighted by Crippen LogP contribution is 2.30. The van der Waals surface area contributed by atoms with Crippen molar-refractivity contribution in [2.24, 2.45) is 0 Å². The number of hydrogen-bond donors (Lipinski definition) is 0. The lowest BCUT2D eigenvalue weighted by Crippen LogP contribution is -2.23. The second-order valence-electron chi connectivity index (χ2n) is 3.61. The van der Waals surface area contributed by atoms with Crippen molar-refractivity contribution in [3.05, 3.63) is 24.3 Å². The maximum absolute atomic E-state index is 11.5. The van der Waals surface area contributed by atoms with Crippen molar-refractivity contribution in [1.82, 2.24) is 4.98 Å². The quantitative estimate of drug-likeness (QED) is 0.736. The standard InChI is InChI=1S/C11H10N2OS/c14-10-6-3-7-13(10)11-12-8-4-1-2-5-9(8)15-11/h1-2,4-5H,3,6-7H2. The zero-order valence-electron chi connectivity index (χ0n) is 8.14. The number of aromatic nitrogens is 1. The molecule has 0 atom stereocenters. The van der Waals surface area contributed by atoms with E-state index in [4.69, 9.17) is 0 Å². The van der Waals surface area contributed by atoms with Gasteiger partial charge in [-0.3, -0.25) is 9.69 Å². The third-order valence-electron chi connectivity index (χ3n) is 2.59. The number of nitrogens with zero attached hydrogens (tertiary/aromatic N) is 2. The summed E-state index contributed by atoms with van der Waals surface area (Å²) in [5.41, 5.74) is 0.984. The van der Waals surface area contributed by atoms with Gasteiger partial charge in [0.05, 0.1) is 10.2 Å². The molecule has 76 valence electrons. The number of fused-ring (bicyclic) bond motifs is 1. The molecular weight excluding hydrogens is 208 g/mol. The van der Waals surface area contributed by atoms with E-state index in [1.165, 1.54) is 0 Å². The van der Waals surface area contributed by atoms with Gasteiger partial charge in [-0.2, -0.15) is 0 Å². The van der Waals surface area contributed by atoms with Gasteiger partial charge < -0.3 is 0 Å². The average Bonchev–Trinajstić information content (AvgIpc) is 2.82. The summed E-state index contributed by atoms with van der Waals surface area (Å²) in [6, 6.07) is 7.99. The lowest BCUT2D eigenvalue weighted by Gasteiger charge is -2.09. The molecule has 3 rings (SSSR count). The van der Waals surface area contributed by atoms with Crippen LogP contribution in [0.25, 0.3) is 10.2 Å². The number of para-hydroxylation sites is 1. The minimum atomic E-state index is 0.203. The zero-order chi connectivity index (χ0) is 10.3. The molecule has 15 heavy (non-hydrogen) atoms. The molecule has 3 nitrogen and oxygen atoms in total. The molecule has 0 N–H and O–H groups in total. The van der Waals surface area contributed by atoms with Gasteiger partial charge in [0.25, 0.3) is 0 Å². The Balaban J connectivity index is 2.08. The van der Waals surface area contributed by atoms with Crippen LogP contribution in [0.5, 0.6) is 0 Å². The Morgan fingerprint density at radius 1 is 1.33 bits per heavy atom. The van der Waals surface area contributed by atoms with Crippen LogP contribution in [-0.4, -0.2) is 17.4 Å². The molecule has 0 bridgehead atoms. The summed E-state index contributed by atoms with van der Waals surface area (Å²) in [6.45, 7) is 0.818. The van der Waals surface area contributed by atoms with Crippen molar-refractivity contribution < 1.29 is 4.79 Å². The predicted molar refractivity (Wildman–Crippen MR) is 61.2 cm³/mol.